The van der Waals surface area contributed by atoms with Crippen LogP contribution >= 0.6 is 0 Å². The quantitative estimate of drug-likeness (QED) is 0.464. The van der Waals surface area contributed by atoms with Crippen molar-refractivity contribution < 1.29 is 13.3 Å². The summed E-state index contributed by atoms with van der Waals surface area (Å²) in [7, 11) is -0.671. The minimum Gasteiger partial charge on any atom is -0.375 e. The van der Waals surface area contributed by atoms with Crippen LogP contribution in [0.25, 0.3) is 11.1 Å². The molecule has 0 fully saturated rings. The highest BCUT2D eigenvalue weighted by Gasteiger charge is 2.20. The molecule has 0 radical (unpaired) electrons. The highest BCUT2D eigenvalue weighted by molar-refractivity contribution is 7.89. The van der Waals surface area contributed by atoms with Gasteiger partial charge in [-0.1, -0.05) is 18.2 Å². The maximum absolute atomic E-state index is 11.9. The van der Waals surface area contributed by atoms with Crippen LogP contribution in [0.3, 0.4) is 0 Å². The molecular formula is C18H19N5O4S. The first-order valence-corrected chi connectivity index (χ1v) is 9.82. The van der Waals surface area contributed by atoms with E-state index in [1.807, 2.05) is 37.5 Å². The largest absolute Gasteiger partial charge is 0.375 e. The summed E-state index contributed by atoms with van der Waals surface area (Å²) in [6, 6.07) is 11.5. The lowest BCUT2D eigenvalue weighted by molar-refractivity contribution is -0.384. The molecule has 0 bridgehead atoms. The highest BCUT2D eigenvalue weighted by Crippen LogP contribution is 2.28. The predicted molar refractivity (Wildman–Crippen MR) is 105 cm³/mol. The molecule has 146 valence electrons. The lowest BCUT2D eigenvalue weighted by Gasteiger charge is -2.10. The Labute approximate surface area is 162 Å². The lowest BCUT2D eigenvalue weighted by atomic mass is 10.1. The van der Waals surface area contributed by atoms with Gasteiger partial charge in [0, 0.05) is 31.4 Å². The van der Waals surface area contributed by atoms with E-state index in [-0.39, 0.29) is 16.3 Å². The van der Waals surface area contributed by atoms with Gasteiger partial charge in [0.15, 0.2) is 0 Å². The van der Waals surface area contributed by atoms with Gasteiger partial charge in [-0.15, -0.1) is 0 Å². The van der Waals surface area contributed by atoms with E-state index in [1.54, 1.807) is 10.9 Å². The molecule has 0 aliphatic heterocycles. The molecule has 0 amide bonds. The Bertz CT molecular complexity index is 1120. The van der Waals surface area contributed by atoms with Crippen molar-refractivity contribution in [2.75, 3.05) is 12.4 Å². The van der Waals surface area contributed by atoms with Crippen molar-refractivity contribution in [3.05, 3.63) is 70.5 Å². The van der Waals surface area contributed by atoms with Crippen LogP contribution in [0.15, 0.2) is 59.8 Å². The molecule has 9 nitrogen and oxygen atoms in total. The van der Waals surface area contributed by atoms with Gasteiger partial charge in [-0.05, 0) is 36.4 Å². The molecule has 0 atom stereocenters. The predicted octanol–water partition coefficient (Wildman–Crippen LogP) is 2.52. The zero-order chi connectivity index (χ0) is 20.3. The Balaban J connectivity index is 1.84. The second-order valence-corrected chi connectivity index (χ2v) is 7.99. The Kier molecular flexibility index (Phi) is 5.43. The third kappa shape index (κ3) is 4.18. The van der Waals surface area contributed by atoms with Crippen molar-refractivity contribution in [3.63, 3.8) is 0 Å². The van der Waals surface area contributed by atoms with Gasteiger partial charge in [-0.25, -0.2) is 13.1 Å². The third-order valence-electron chi connectivity index (χ3n) is 4.19. The van der Waals surface area contributed by atoms with Crippen LogP contribution in [0.5, 0.6) is 0 Å². The second kappa shape index (κ2) is 7.79. The molecule has 0 saturated heterocycles. The topological polar surface area (TPSA) is 119 Å². The molecule has 3 rings (SSSR count). The van der Waals surface area contributed by atoms with E-state index in [0.29, 0.717) is 6.54 Å². The van der Waals surface area contributed by atoms with Crippen LogP contribution in [-0.4, -0.2) is 30.2 Å². The SMILES string of the molecule is CNS(=O)(=O)c1ccc(NCc2cccc(-c3cnn(C)c3)c2)c([N+](=O)[O-])c1. The number of nitro groups is 1. The second-order valence-electron chi connectivity index (χ2n) is 6.10. The Morgan fingerprint density at radius 3 is 2.61 bits per heavy atom. The van der Waals surface area contributed by atoms with Gasteiger partial charge in [-0.2, -0.15) is 5.10 Å². The maximum atomic E-state index is 11.9. The van der Waals surface area contributed by atoms with E-state index < -0.39 is 14.9 Å². The third-order valence-corrected chi connectivity index (χ3v) is 5.61. The zero-order valence-corrected chi connectivity index (χ0v) is 16.1. The van der Waals surface area contributed by atoms with E-state index in [2.05, 4.69) is 15.1 Å². The molecule has 0 unspecified atom stereocenters. The fourth-order valence-corrected chi connectivity index (χ4v) is 3.48. The van der Waals surface area contributed by atoms with Gasteiger partial charge in [0.2, 0.25) is 10.0 Å². The smallest absolute Gasteiger partial charge is 0.293 e. The molecule has 2 aromatic carbocycles. The number of anilines is 1. The molecule has 1 aromatic heterocycles. The molecule has 28 heavy (non-hydrogen) atoms. The average Bonchev–Trinajstić information content (AvgIpc) is 3.12. The van der Waals surface area contributed by atoms with Crippen LogP contribution in [0.4, 0.5) is 11.4 Å². The molecule has 0 aliphatic carbocycles. The number of hydrogen-bond donors (Lipinski definition) is 2. The molecule has 3 aromatic rings. The normalized spacial score (nSPS) is 11.4. The summed E-state index contributed by atoms with van der Waals surface area (Å²) in [5, 5.41) is 18.6. The van der Waals surface area contributed by atoms with Gasteiger partial charge in [0.05, 0.1) is 16.0 Å². The van der Waals surface area contributed by atoms with E-state index >= 15 is 0 Å². The van der Waals surface area contributed by atoms with Gasteiger partial charge >= 0.3 is 0 Å². The van der Waals surface area contributed by atoms with Crippen LogP contribution in [0, 0.1) is 10.1 Å². The van der Waals surface area contributed by atoms with Crippen LogP contribution < -0.4 is 10.0 Å². The number of aryl methyl sites for hydroxylation is 1. The molecule has 0 spiro atoms. The highest BCUT2D eigenvalue weighted by atomic mass is 32.2. The number of benzene rings is 2. The summed E-state index contributed by atoms with van der Waals surface area (Å²) in [6.45, 7) is 0.340. The standard InChI is InChI=1S/C18H19N5O4S/c1-19-28(26,27)16-6-7-17(18(9-16)23(24)25)20-10-13-4-3-5-14(8-13)15-11-21-22(2)12-15/h3-9,11-12,19-20H,10H2,1-2H3. The number of nitrogens with one attached hydrogen (secondary N) is 2. The zero-order valence-electron chi connectivity index (χ0n) is 15.3. The van der Waals surface area contributed by atoms with Crippen molar-refractivity contribution in [2.24, 2.45) is 7.05 Å². The summed E-state index contributed by atoms with van der Waals surface area (Å²) < 4.78 is 27.6. The monoisotopic (exact) mass is 401 g/mol. The van der Waals surface area contributed by atoms with Crippen molar-refractivity contribution in [3.8, 4) is 11.1 Å². The minimum atomic E-state index is -3.76. The van der Waals surface area contributed by atoms with Gasteiger partial charge < -0.3 is 5.32 Å². The first-order chi connectivity index (χ1) is 13.3. The van der Waals surface area contributed by atoms with Crippen LogP contribution in [-0.2, 0) is 23.6 Å². The Morgan fingerprint density at radius 1 is 1.18 bits per heavy atom. The Morgan fingerprint density at radius 2 is 1.96 bits per heavy atom. The van der Waals surface area contributed by atoms with Crippen molar-refractivity contribution in [1.29, 1.82) is 0 Å². The molecule has 1 heterocycles. The summed E-state index contributed by atoms with van der Waals surface area (Å²) in [4.78, 5) is 10.6. The minimum absolute atomic E-state index is 0.161. The first kappa shape index (κ1) is 19.5. The maximum Gasteiger partial charge on any atom is 0.293 e. The molecule has 2 N–H and O–H groups in total. The van der Waals surface area contributed by atoms with Crippen molar-refractivity contribution in [2.45, 2.75) is 11.4 Å². The van der Waals surface area contributed by atoms with E-state index in [4.69, 9.17) is 0 Å². The molecule has 10 heteroatoms. The molecule has 0 saturated carbocycles. The molecule has 0 aliphatic rings. The number of aromatic nitrogens is 2. The summed E-state index contributed by atoms with van der Waals surface area (Å²) in [5.74, 6) is 0. The fraction of sp³-hybridized carbons (Fsp3) is 0.167. The fourth-order valence-electron chi connectivity index (χ4n) is 2.73. The van der Waals surface area contributed by atoms with E-state index in [9.17, 15) is 18.5 Å². The van der Waals surface area contributed by atoms with Crippen molar-refractivity contribution >= 4 is 21.4 Å². The average molecular weight is 401 g/mol. The number of sulfonamides is 1. The summed E-state index contributed by atoms with van der Waals surface area (Å²) in [6.07, 6.45) is 3.66. The van der Waals surface area contributed by atoms with Gasteiger partial charge in [0.1, 0.15) is 5.69 Å². The van der Waals surface area contributed by atoms with Crippen molar-refractivity contribution in [1.82, 2.24) is 14.5 Å². The van der Waals surface area contributed by atoms with E-state index in [0.717, 1.165) is 22.8 Å². The number of rotatable bonds is 7. The van der Waals surface area contributed by atoms with Crippen LogP contribution in [0.2, 0.25) is 0 Å². The number of hydrogen-bond acceptors (Lipinski definition) is 6. The Hall–Kier alpha value is -3.24. The van der Waals surface area contributed by atoms with Crippen LogP contribution in [0.1, 0.15) is 5.56 Å². The molecular weight excluding hydrogens is 382 g/mol. The summed E-state index contributed by atoms with van der Waals surface area (Å²) in [5.41, 5.74) is 2.81. The number of nitro benzene ring substituents is 1. The van der Waals surface area contributed by atoms with E-state index in [1.165, 1.54) is 19.2 Å². The number of nitrogens with zero attached hydrogens (tertiary/aromatic N) is 3. The van der Waals surface area contributed by atoms with Gasteiger partial charge in [0.25, 0.3) is 5.69 Å². The first-order valence-electron chi connectivity index (χ1n) is 8.34. The lowest BCUT2D eigenvalue weighted by Crippen LogP contribution is -2.18. The van der Waals surface area contributed by atoms with Gasteiger partial charge in [-0.3, -0.25) is 14.8 Å². The summed E-state index contributed by atoms with van der Waals surface area (Å²) >= 11 is 0.